The van der Waals surface area contributed by atoms with Gasteiger partial charge in [-0.2, -0.15) is 0 Å². The lowest BCUT2D eigenvalue weighted by atomic mass is 9.74. The molecule has 4 heteroatoms. The van der Waals surface area contributed by atoms with E-state index >= 15 is 0 Å². The van der Waals surface area contributed by atoms with Crippen LogP contribution < -0.4 is 10.6 Å². The fourth-order valence-corrected chi connectivity index (χ4v) is 3.88. The smallest absolute Gasteiger partial charge is 0.196 e. The van der Waals surface area contributed by atoms with Crippen LogP contribution in [-0.4, -0.2) is 18.0 Å². The van der Waals surface area contributed by atoms with Gasteiger partial charge in [-0.15, -0.1) is 0 Å². The molecule has 1 aliphatic carbocycles. The van der Waals surface area contributed by atoms with Gasteiger partial charge >= 0.3 is 0 Å². The molecule has 1 aromatic carbocycles. The number of rotatable bonds is 1. The molecule has 1 heterocycles. The quantitative estimate of drug-likeness (QED) is 0.854. The minimum absolute atomic E-state index is 0.0118. The van der Waals surface area contributed by atoms with Crippen LogP contribution in [-0.2, 0) is 0 Å². The SMILES string of the molecule is CC1(C)CCCC12CN=C(N)N2c1ccccc1Cl. The van der Waals surface area contributed by atoms with Crippen molar-refractivity contribution in [3.63, 3.8) is 0 Å². The van der Waals surface area contributed by atoms with Gasteiger partial charge in [-0.3, -0.25) is 4.99 Å². The van der Waals surface area contributed by atoms with E-state index < -0.39 is 0 Å². The lowest BCUT2D eigenvalue weighted by Gasteiger charge is -2.46. The van der Waals surface area contributed by atoms with Gasteiger partial charge in [-0.1, -0.05) is 44.0 Å². The molecule has 1 saturated carbocycles. The number of benzene rings is 1. The number of para-hydroxylation sites is 1. The van der Waals surface area contributed by atoms with E-state index in [0.717, 1.165) is 23.7 Å². The van der Waals surface area contributed by atoms with Crippen molar-refractivity contribution in [3.8, 4) is 0 Å². The molecule has 0 radical (unpaired) electrons. The van der Waals surface area contributed by atoms with Crippen molar-refractivity contribution in [2.24, 2.45) is 16.1 Å². The Bertz CT molecular complexity index is 538. The van der Waals surface area contributed by atoms with Gasteiger partial charge in [0.05, 0.1) is 22.8 Å². The first-order valence-electron chi connectivity index (χ1n) is 6.83. The molecule has 1 atom stereocenters. The fraction of sp³-hybridized carbons (Fsp3) is 0.533. The largest absolute Gasteiger partial charge is 0.369 e. The minimum atomic E-state index is -0.0118. The third kappa shape index (κ3) is 1.68. The molecule has 0 bridgehead atoms. The van der Waals surface area contributed by atoms with Crippen LogP contribution >= 0.6 is 11.6 Å². The third-order valence-electron chi connectivity index (χ3n) is 4.91. The molecule has 3 nitrogen and oxygen atoms in total. The van der Waals surface area contributed by atoms with Gasteiger partial charge in [0.2, 0.25) is 0 Å². The van der Waals surface area contributed by atoms with Gasteiger partial charge in [0.15, 0.2) is 5.96 Å². The maximum absolute atomic E-state index is 6.37. The van der Waals surface area contributed by atoms with Crippen LogP contribution in [0.2, 0.25) is 5.02 Å². The van der Waals surface area contributed by atoms with E-state index in [9.17, 15) is 0 Å². The van der Waals surface area contributed by atoms with Crippen molar-refractivity contribution in [2.75, 3.05) is 11.4 Å². The minimum Gasteiger partial charge on any atom is -0.369 e. The summed E-state index contributed by atoms with van der Waals surface area (Å²) < 4.78 is 0. The van der Waals surface area contributed by atoms with Crippen molar-refractivity contribution in [3.05, 3.63) is 29.3 Å². The second-order valence-electron chi connectivity index (χ2n) is 6.23. The van der Waals surface area contributed by atoms with E-state index in [4.69, 9.17) is 17.3 Å². The Balaban J connectivity index is 2.12. The highest BCUT2D eigenvalue weighted by atomic mass is 35.5. The number of anilines is 1. The number of hydrogen-bond acceptors (Lipinski definition) is 3. The summed E-state index contributed by atoms with van der Waals surface area (Å²) in [4.78, 5) is 6.71. The summed E-state index contributed by atoms with van der Waals surface area (Å²) in [5.74, 6) is 0.600. The molecule has 1 spiro atoms. The van der Waals surface area contributed by atoms with Crippen LogP contribution in [0, 0.1) is 5.41 Å². The van der Waals surface area contributed by atoms with Gasteiger partial charge in [0, 0.05) is 0 Å². The molecule has 3 rings (SSSR count). The molecule has 1 aliphatic heterocycles. The first kappa shape index (κ1) is 12.8. The van der Waals surface area contributed by atoms with E-state index in [1.165, 1.54) is 12.8 Å². The van der Waals surface area contributed by atoms with Crippen LogP contribution in [0.25, 0.3) is 0 Å². The Morgan fingerprint density at radius 2 is 2.00 bits per heavy atom. The predicted molar refractivity (Wildman–Crippen MR) is 80.8 cm³/mol. The fourth-order valence-electron chi connectivity index (χ4n) is 3.66. The standard InChI is InChI=1S/C15H20ClN3/c1-14(2)8-5-9-15(14)10-18-13(17)19(15)12-7-4-3-6-11(12)16/h3-4,6-7H,5,8-10H2,1-2H3,(H2,17,18). The molecule has 19 heavy (non-hydrogen) atoms. The summed E-state index contributed by atoms with van der Waals surface area (Å²) in [5.41, 5.74) is 7.34. The molecular formula is C15H20ClN3. The zero-order valence-corrected chi connectivity index (χ0v) is 12.2. The van der Waals surface area contributed by atoms with Crippen LogP contribution in [0.3, 0.4) is 0 Å². The number of hydrogen-bond donors (Lipinski definition) is 1. The van der Waals surface area contributed by atoms with Gasteiger partial charge in [-0.05, 0) is 30.4 Å². The Morgan fingerprint density at radius 1 is 1.26 bits per heavy atom. The molecule has 0 amide bonds. The molecule has 0 saturated heterocycles. The van der Waals surface area contributed by atoms with Gasteiger partial charge in [0.1, 0.15) is 0 Å². The summed E-state index contributed by atoms with van der Waals surface area (Å²) >= 11 is 6.37. The van der Waals surface area contributed by atoms with Crippen molar-refractivity contribution in [1.82, 2.24) is 0 Å². The Labute approximate surface area is 119 Å². The van der Waals surface area contributed by atoms with Crippen LogP contribution in [0.5, 0.6) is 0 Å². The third-order valence-corrected chi connectivity index (χ3v) is 5.22. The highest BCUT2D eigenvalue weighted by molar-refractivity contribution is 6.34. The van der Waals surface area contributed by atoms with Crippen LogP contribution in [0.4, 0.5) is 5.69 Å². The second-order valence-corrected chi connectivity index (χ2v) is 6.64. The lowest BCUT2D eigenvalue weighted by Crippen LogP contribution is -2.57. The topological polar surface area (TPSA) is 41.6 Å². The number of nitrogens with zero attached hydrogens (tertiary/aromatic N) is 2. The van der Waals surface area contributed by atoms with Crippen LogP contribution in [0.1, 0.15) is 33.1 Å². The second kappa shape index (κ2) is 4.14. The molecule has 1 unspecified atom stereocenters. The zero-order chi connectivity index (χ0) is 13.7. The normalized spacial score (nSPS) is 29.0. The molecule has 1 aromatic rings. The molecular weight excluding hydrogens is 258 g/mol. The number of halogens is 1. The number of nitrogens with two attached hydrogens (primary N) is 1. The summed E-state index contributed by atoms with van der Waals surface area (Å²) in [6.07, 6.45) is 3.54. The summed E-state index contributed by atoms with van der Waals surface area (Å²) in [6.45, 7) is 5.41. The summed E-state index contributed by atoms with van der Waals surface area (Å²) in [7, 11) is 0. The number of guanidine groups is 1. The number of aliphatic imine (C=N–C) groups is 1. The first-order valence-corrected chi connectivity index (χ1v) is 7.20. The molecule has 0 aromatic heterocycles. The monoisotopic (exact) mass is 277 g/mol. The Hall–Kier alpha value is -1.22. The molecule has 1 fully saturated rings. The van der Waals surface area contributed by atoms with Gasteiger partial charge in [-0.25, -0.2) is 0 Å². The lowest BCUT2D eigenvalue weighted by molar-refractivity contribution is 0.227. The Kier molecular flexibility index (Phi) is 2.79. The maximum atomic E-state index is 6.37. The molecule has 2 aliphatic rings. The maximum Gasteiger partial charge on any atom is 0.196 e. The highest BCUT2D eigenvalue weighted by Crippen LogP contribution is 2.53. The van der Waals surface area contributed by atoms with Crippen LogP contribution in [0.15, 0.2) is 29.3 Å². The first-order chi connectivity index (χ1) is 8.98. The highest BCUT2D eigenvalue weighted by Gasteiger charge is 2.56. The predicted octanol–water partition coefficient (Wildman–Crippen LogP) is 3.42. The van der Waals surface area contributed by atoms with E-state index in [1.807, 2.05) is 24.3 Å². The average molecular weight is 278 g/mol. The summed E-state index contributed by atoms with van der Waals surface area (Å²) in [6, 6.07) is 7.90. The average Bonchev–Trinajstić information content (AvgIpc) is 2.83. The van der Waals surface area contributed by atoms with Crippen molar-refractivity contribution >= 4 is 23.2 Å². The van der Waals surface area contributed by atoms with Gasteiger partial charge < -0.3 is 10.6 Å². The Morgan fingerprint density at radius 3 is 2.63 bits per heavy atom. The molecule has 2 N–H and O–H groups in total. The van der Waals surface area contributed by atoms with Gasteiger partial charge in [0.25, 0.3) is 0 Å². The molecule has 102 valence electrons. The van der Waals surface area contributed by atoms with Crippen molar-refractivity contribution in [1.29, 1.82) is 0 Å². The van der Waals surface area contributed by atoms with Crippen molar-refractivity contribution < 1.29 is 0 Å². The summed E-state index contributed by atoms with van der Waals surface area (Å²) in [5, 5.41) is 0.740. The van der Waals surface area contributed by atoms with E-state index in [0.29, 0.717) is 5.96 Å². The van der Waals surface area contributed by atoms with E-state index in [2.05, 4.69) is 23.7 Å². The zero-order valence-electron chi connectivity index (χ0n) is 11.5. The van der Waals surface area contributed by atoms with E-state index in [1.54, 1.807) is 0 Å². The van der Waals surface area contributed by atoms with E-state index in [-0.39, 0.29) is 11.0 Å². The van der Waals surface area contributed by atoms with Crippen molar-refractivity contribution in [2.45, 2.75) is 38.6 Å².